The monoisotopic (exact) mass is 276 g/mol. The Kier molecular flexibility index (Phi) is 3.48. The fraction of sp³-hybridized carbons (Fsp3) is 0.154. The number of rotatable bonds is 2. The molecule has 1 aromatic carbocycles. The number of aromatic nitrogens is 2. The average molecular weight is 276 g/mol. The minimum absolute atomic E-state index is 0.0677. The number of amides is 1. The lowest BCUT2D eigenvalue weighted by molar-refractivity contribution is 0.0821. The third kappa shape index (κ3) is 2.36. The quantitative estimate of drug-likeness (QED) is 0.839. The summed E-state index contributed by atoms with van der Waals surface area (Å²) in [6, 6.07) is 4.84. The van der Waals surface area contributed by atoms with E-state index in [1.807, 2.05) is 0 Å². The van der Waals surface area contributed by atoms with Crippen molar-refractivity contribution in [2.45, 2.75) is 0 Å². The lowest BCUT2D eigenvalue weighted by Gasteiger charge is -2.08. The number of benzene rings is 1. The van der Waals surface area contributed by atoms with Crippen LogP contribution in [0.1, 0.15) is 16.1 Å². The SMILES string of the molecule is CN(C)C(=O)c1ccn(-c2c(F)cc(C#N)cc2F)n1. The molecule has 7 heteroatoms. The Bertz CT molecular complexity index is 692. The topological polar surface area (TPSA) is 61.9 Å². The molecule has 1 aromatic heterocycles. The zero-order valence-electron chi connectivity index (χ0n) is 10.8. The number of carbonyl (C=O) groups is 1. The maximum Gasteiger partial charge on any atom is 0.273 e. The van der Waals surface area contributed by atoms with Gasteiger partial charge in [0.05, 0.1) is 11.6 Å². The molecule has 102 valence electrons. The van der Waals surface area contributed by atoms with Gasteiger partial charge in [-0.05, 0) is 18.2 Å². The van der Waals surface area contributed by atoms with Crippen molar-refractivity contribution in [3.05, 3.63) is 47.3 Å². The van der Waals surface area contributed by atoms with Crippen LogP contribution in [-0.2, 0) is 0 Å². The summed E-state index contributed by atoms with van der Waals surface area (Å²) in [7, 11) is 3.09. The van der Waals surface area contributed by atoms with Gasteiger partial charge in [0, 0.05) is 20.3 Å². The van der Waals surface area contributed by atoms with Gasteiger partial charge in [0.1, 0.15) is 5.69 Å². The summed E-state index contributed by atoms with van der Waals surface area (Å²) in [5.74, 6) is -2.22. The zero-order chi connectivity index (χ0) is 14.9. The maximum atomic E-state index is 13.8. The molecular weight excluding hydrogens is 266 g/mol. The van der Waals surface area contributed by atoms with Crippen molar-refractivity contribution in [2.24, 2.45) is 0 Å². The summed E-state index contributed by atoms with van der Waals surface area (Å²) in [6.45, 7) is 0. The van der Waals surface area contributed by atoms with Gasteiger partial charge in [-0.2, -0.15) is 10.4 Å². The maximum absolute atomic E-state index is 13.8. The first-order chi connectivity index (χ1) is 9.43. The van der Waals surface area contributed by atoms with Crippen LogP contribution in [0.15, 0.2) is 24.4 Å². The van der Waals surface area contributed by atoms with Crippen LogP contribution < -0.4 is 0 Å². The van der Waals surface area contributed by atoms with Crippen molar-refractivity contribution in [2.75, 3.05) is 14.1 Å². The van der Waals surface area contributed by atoms with Crippen LogP contribution in [0.25, 0.3) is 5.69 Å². The highest BCUT2D eigenvalue weighted by atomic mass is 19.1. The van der Waals surface area contributed by atoms with Gasteiger partial charge in [-0.3, -0.25) is 4.79 Å². The Morgan fingerprint density at radius 1 is 1.35 bits per heavy atom. The smallest absolute Gasteiger partial charge is 0.273 e. The predicted molar refractivity (Wildman–Crippen MR) is 66.2 cm³/mol. The van der Waals surface area contributed by atoms with E-state index in [1.165, 1.54) is 17.2 Å². The van der Waals surface area contributed by atoms with Crippen molar-refractivity contribution in [3.8, 4) is 11.8 Å². The van der Waals surface area contributed by atoms with Gasteiger partial charge in [0.25, 0.3) is 5.91 Å². The number of halogens is 2. The van der Waals surface area contributed by atoms with Crippen LogP contribution in [0, 0.1) is 23.0 Å². The van der Waals surface area contributed by atoms with Crippen LogP contribution in [0.3, 0.4) is 0 Å². The molecule has 0 unspecified atom stereocenters. The summed E-state index contributed by atoms with van der Waals surface area (Å²) < 4.78 is 28.5. The molecular formula is C13H10F2N4O. The summed E-state index contributed by atoms with van der Waals surface area (Å²) in [5.41, 5.74) is -0.486. The third-order valence-corrected chi connectivity index (χ3v) is 2.59. The minimum atomic E-state index is -0.923. The lowest BCUT2D eigenvalue weighted by atomic mass is 10.2. The second-order valence-corrected chi connectivity index (χ2v) is 4.25. The van der Waals surface area contributed by atoms with E-state index in [0.29, 0.717) is 0 Å². The first-order valence-electron chi connectivity index (χ1n) is 5.61. The van der Waals surface area contributed by atoms with E-state index < -0.39 is 17.3 Å². The van der Waals surface area contributed by atoms with Crippen molar-refractivity contribution in [3.63, 3.8) is 0 Å². The minimum Gasteiger partial charge on any atom is -0.343 e. The molecule has 5 nitrogen and oxygen atoms in total. The molecule has 0 saturated carbocycles. The normalized spacial score (nSPS) is 10.2. The van der Waals surface area contributed by atoms with Crippen LogP contribution in [0.4, 0.5) is 8.78 Å². The fourth-order valence-corrected chi connectivity index (χ4v) is 1.64. The average Bonchev–Trinajstić information content (AvgIpc) is 2.86. The van der Waals surface area contributed by atoms with E-state index in [0.717, 1.165) is 16.8 Å². The Morgan fingerprint density at radius 2 is 1.95 bits per heavy atom. The number of hydrogen-bond donors (Lipinski definition) is 0. The summed E-state index contributed by atoms with van der Waals surface area (Å²) in [5, 5.41) is 12.5. The third-order valence-electron chi connectivity index (χ3n) is 2.59. The van der Waals surface area contributed by atoms with Crippen molar-refractivity contribution in [1.82, 2.24) is 14.7 Å². The van der Waals surface area contributed by atoms with E-state index in [1.54, 1.807) is 20.2 Å². The highest BCUT2D eigenvalue weighted by Crippen LogP contribution is 2.19. The summed E-state index contributed by atoms with van der Waals surface area (Å²) in [6.07, 6.45) is 1.28. The van der Waals surface area contributed by atoms with E-state index >= 15 is 0 Å². The summed E-state index contributed by atoms with van der Waals surface area (Å²) >= 11 is 0. The molecule has 1 amide bonds. The van der Waals surface area contributed by atoms with Gasteiger partial charge in [-0.25, -0.2) is 13.5 Å². The van der Waals surface area contributed by atoms with Gasteiger partial charge >= 0.3 is 0 Å². The van der Waals surface area contributed by atoms with Crippen LogP contribution in [0.2, 0.25) is 0 Å². The molecule has 0 atom stereocenters. The number of hydrogen-bond acceptors (Lipinski definition) is 3. The summed E-state index contributed by atoms with van der Waals surface area (Å²) in [4.78, 5) is 13.0. The first kappa shape index (κ1) is 13.7. The Hall–Kier alpha value is -2.75. The molecule has 0 aliphatic rings. The lowest BCUT2D eigenvalue weighted by Crippen LogP contribution is -2.22. The Balaban J connectivity index is 2.49. The molecule has 0 fully saturated rings. The Morgan fingerprint density at radius 3 is 2.45 bits per heavy atom. The van der Waals surface area contributed by atoms with Crippen LogP contribution in [0.5, 0.6) is 0 Å². The standard InChI is InChI=1S/C13H10F2N4O/c1-18(2)13(20)11-3-4-19(17-11)12-9(14)5-8(7-16)6-10(12)15/h3-6H,1-2H3. The van der Waals surface area contributed by atoms with Crippen LogP contribution in [-0.4, -0.2) is 34.7 Å². The highest BCUT2D eigenvalue weighted by molar-refractivity contribution is 5.91. The molecule has 0 bridgehead atoms. The van der Waals surface area contributed by atoms with E-state index in [9.17, 15) is 13.6 Å². The molecule has 1 heterocycles. The number of nitriles is 1. The molecule has 20 heavy (non-hydrogen) atoms. The fourth-order valence-electron chi connectivity index (χ4n) is 1.64. The molecule has 0 aliphatic heterocycles. The van der Waals surface area contributed by atoms with Crippen LogP contribution >= 0.6 is 0 Å². The van der Waals surface area contributed by atoms with Crippen molar-refractivity contribution < 1.29 is 13.6 Å². The molecule has 0 N–H and O–H groups in total. The second kappa shape index (κ2) is 5.09. The first-order valence-corrected chi connectivity index (χ1v) is 5.61. The largest absolute Gasteiger partial charge is 0.343 e. The predicted octanol–water partition coefficient (Wildman–Crippen LogP) is 1.72. The van der Waals surface area contributed by atoms with Gasteiger partial charge < -0.3 is 4.90 Å². The Labute approximate surface area is 113 Å². The van der Waals surface area contributed by atoms with Gasteiger partial charge in [-0.1, -0.05) is 0 Å². The van der Waals surface area contributed by atoms with Gasteiger partial charge in [0.15, 0.2) is 17.3 Å². The van der Waals surface area contributed by atoms with E-state index in [2.05, 4.69) is 5.10 Å². The van der Waals surface area contributed by atoms with E-state index in [-0.39, 0.29) is 17.2 Å². The molecule has 2 rings (SSSR count). The number of carbonyl (C=O) groups excluding carboxylic acids is 1. The second-order valence-electron chi connectivity index (χ2n) is 4.25. The molecule has 0 aliphatic carbocycles. The number of nitrogens with zero attached hydrogens (tertiary/aromatic N) is 4. The molecule has 0 radical (unpaired) electrons. The zero-order valence-corrected chi connectivity index (χ0v) is 10.8. The molecule has 0 saturated heterocycles. The van der Waals surface area contributed by atoms with Crippen molar-refractivity contribution in [1.29, 1.82) is 5.26 Å². The molecule has 0 spiro atoms. The van der Waals surface area contributed by atoms with E-state index in [4.69, 9.17) is 5.26 Å². The van der Waals surface area contributed by atoms with Crippen molar-refractivity contribution >= 4 is 5.91 Å². The van der Waals surface area contributed by atoms with Gasteiger partial charge in [0.2, 0.25) is 0 Å². The molecule has 2 aromatic rings. The highest BCUT2D eigenvalue weighted by Gasteiger charge is 2.17. The van der Waals surface area contributed by atoms with Gasteiger partial charge in [-0.15, -0.1) is 0 Å².